The van der Waals surface area contributed by atoms with Crippen LogP contribution in [0.5, 0.6) is 5.75 Å². The molecule has 0 unspecified atom stereocenters. The van der Waals surface area contributed by atoms with Crippen molar-refractivity contribution >= 4 is 33.7 Å². The number of anilines is 3. The average Bonchev–Trinajstić information content (AvgIpc) is 3.51. The summed E-state index contributed by atoms with van der Waals surface area (Å²) < 4.78 is 46.6. The molecule has 1 fully saturated rings. The van der Waals surface area contributed by atoms with E-state index in [0.717, 1.165) is 47.8 Å². The van der Waals surface area contributed by atoms with Gasteiger partial charge in [-0.15, -0.1) is 0 Å². The van der Waals surface area contributed by atoms with Crippen molar-refractivity contribution in [2.75, 3.05) is 36.3 Å². The zero-order chi connectivity index (χ0) is 29.8. The summed E-state index contributed by atoms with van der Waals surface area (Å²) in [5.74, 6) is 0.937. The van der Waals surface area contributed by atoms with E-state index in [1.165, 1.54) is 44.4 Å². The lowest BCUT2D eigenvalue weighted by Crippen LogP contribution is -2.21. The summed E-state index contributed by atoms with van der Waals surface area (Å²) in [5, 5.41) is 10.1. The fraction of sp³-hybridized carbons (Fsp3) is 0.233. The molecule has 0 spiro atoms. The van der Waals surface area contributed by atoms with Gasteiger partial charge in [0.15, 0.2) is 0 Å². The predicted octanol–water partition coefficient (Wildman–Crippen LogP) is 5.39. The van der Waals surface area contributed by atoms with E-state index in [4.69, 9.17) is 14.6 Å². The molecule has 0 atom stereocenters. The maximum Gasteiger partial charge on any atom is 0.290 e. The molecular formula is C30H32FN5O5S. The third-order valence-electron chi connectivity index (χ3n) is 6.44. The van der Waals surface area contributed by atoms with Gasteiger partial charge in [-0.25, -0.2) is 22.8 Å². The van der Waals surface area contributed by atoms with Gasteiger partial charge in [0.2, 0.25) is 0 Å². The highest BCUT2D eigenvalue weighted by Gasteiger charge is 2.14. The van der Waals surface area contributed by atoms with Crippen LogP contribution in [0.3, 0.4) is 0 Å². The minimum atomic E-state index is -3.82. The lowest BCUT2D eigenvalue weighted by atomic mass is 10.1. The number of nitrogens with zero attached hydrogens (tertiary/aromatic N) is 3. The summed E-state index contributed by atoms with van der Waals surface area (Å²) in [6.45, 7) is 3.94. The highest BCUT2D eigenvalue weighted by Crippen LogP contribution is 2.25. The second kappa shape index (κ2) is 14.9. The van der Waals surface area contributed by atoms with Gasteiger partial charge in [-0.3, -0.25) is 9.52 Å². The lowest BCUT2D eigenvalue weighted by Gasteiger charge is -2.14. The molecule has 1 aliphatic heterocycles. The van der Waals surface area contributed by atoms with Crippen molar-refractivity contribution in [1.29, 1.82) is 0 Å². The van der Waals surface area contributed by atoms with E-state index in [1.54, 1.807) is 24.3 Å². The molecule has 1 saturated heterocycles. The van der Waals surface area contributed by atoms with Gasteiger partial charge in [-0.1, -0.05) is 0 Å². The smallest absolute Gasteiger partial charge is 0.290 e. The van der Waals surface area contributed by atoms with E-state index in [0.29, 0.717) is 18.1 Å². The largest absolute Gasteiger partial charge is 0.494 e. The maximum atomic E-state index is 13.1. The highest BCUT2D eigenvalue weighted by molar-refractivity contribution is 7.92. The third kappa shape index (κ3) is 8.98. The maximum absolute atomic E-state index is 13.1. The van der Waals surface area contributed by atoms with E-state index in [9.17, 15) is 12.8 Å². The Kier molecular flexibility index (Phi) is 10.8. The molecule has 42 heavy (non-hydrogen) atoms. The molecule has 10 nitrogen and oxygen atoms in total. The Morgan fingerprint density at radius 2 is 1.57 bits per heavy atom. The molecule has 3 N–H and O–H groups in total. The average molecular weight is 594 g/mol. The van der Waals surface area contributed by atoms with Gasteiger partial charge in [-0.05, 0) is 105 Å². The van der Waals surface area contributed by atoms with Crippen molar-refractivity contribution in [3.8, 4) is 17.0 Å². The highest BCUT2D eigenvalue weighted by atomic mass is 32.2. The molecule has 3 aromatic carbocycles. The summed E-state index contributed by atoms with van der Waals surface area (Å²) in [5.41, 5.74) is 2.81. The Bertz CT molecular complexity index is 1530. The van der Waals surface area contributed by atoms with Crippen LogP contribution in [0.25, 0.3) is 11.3 Å². The van der Waals surface area contributed by atoms with Gasteiger partial charge in [0, 0.05) is 29.5 Å². The Morgan fingerprint density at radius 1 is 0.929 bits per heavy atom. The minimum Gasteiger partial charge on any atom is -0.494 e. The van der Waals surface area contributed by atoms with Crippen molar-refractivity contribution < 1.29 is 27.4 Å². The van der Waals surface area contributed by atoms with E-state index >= 15 is 0 Å². The van der Waals surface area contributed by atoms with Gasteiger partial charge in [0.05, 0.1) is 17.2 Å². The molecule has 0 bridgehead atoms. The Morgan fingerprint density at radius 3 is 2.24 bits per heavy atom. The molecule has 5 rings (SSSR count). The molecule has 1 aliphatic rings. The van der Waals surface area contributed by atoms with Crippen LogP contribution in [-0.2, 0) is 14.8 Å². The quantitative estimate of drug-likeness (QED) is 0.155. The molecule has 12 heteroatoms. The number of hydrogen-bond acceptors (Lipinski definition) is 8. The van der Waals surface area contributed by atoms with Crippen LogP contribution in [0.2, 0.25) is 0 Å². The number of aromatic nitrogens is 2. The number of sulfonamides is 1. The van der Waals surface area contributed by atoms with Gasteiger partial charge < -0.3 is 20.1 Å². The van der Waals surface area contributed by atoms with Crippen molar-refractivity contribution in [2.24, 2.45) is 0 Å². The van der Waals surface area contributed by atoms with Crippen molar-refractivity contribution in [1.82, 2.24) is 14.9 Å². The van der Waals surface area contributed by atoms with E-state index in [-0.39, 0.29) is 11.4 Å². The Hall–Kier alpha value is -4.55. The summed E-state index contributed by atoms with van der Waals surface area (Å²) in [7, 11) is -3.82. The summed E-state index contributed by atoms with van der Waals surface area (Å²) in [6.07, 6.45) is 5.12. The van der Waals surface area contributed by atoms with Gasteiger partial charge in [0.1, 0.15) is 23.7 Å². The van der Waals surface area contributed by atoms with Crippen LogP contribution >= 0.6 is 0 Å². The fourth-order valence-electron chi connectivity index (χ4n) is 4.39. The summed E-state index contributed by atoms with van der Waals surface area (Å²) >= 11 is 0. The van der Waals surface area contributed by atoms with Crippen molar-refractivity contribution in [3.63, 3.8) is 0 Å². The second-order valence-electron chi connectivity index (χ2n) is 9.43. The first-order valence-electron chi connectivity index (χ1n) is 13.4. The van der Waals surface area contributed by atoms with Crippen LogP contribution in [0.15, 0.2) is 90.1 Å². The van der Waals surface area contributed by atoms with Gasteiger partial charge >= 0.3 is 0 Å². The van der Waals surface area contributed by atoms with Gasteiger partial charge in [-0.2, -0.15) is 0 Å². The standard InChI is InChI=1S/C29H30FN5O3S.CH2O2/c30-23-6-14-27(15-7-23)39(36,37)34-25-10-8-24(9-11-25)33-29-20-28(31-21-32-29)22-4-12-26(13-5-22)38-19-3-18-35-16-1-2-17-35;2-1-3/h4-15,20-21,34H,1-3,16-19H2,(H,31,32,33);1H,(H,2,3). The van der Waals surface area contributed by atoms with Crippen molar-refractivity contribution in [3.05, 3.63) is 91.0 Å². The third-order valence-corrected chi connectivity index (χ3v) is 7.83. The number of ether oxygens (including phenoxy) is 1. The number of benzene rings is 3. The number of likely N-dealkylation sites (tertiary alicyclic amines) is 1. The lowest BCUT2D eigenvalue weighted by molar-refractivity contribution is -0.122. The van der Waals surface area contributed by atoms with Crippen LogP contribution in [0.4, 0.5) is 21.6 Å². The monoisotopic (exact) mass is 593 g/mol. The molecule has 220 valence electrons. The minimum absolute atomic E-state index is 0.0169. The first kappa shape index (κ1) is 30.4. The van der Waals surface area contributed by atoms with Crippen LogP contribution in [0.1, 0.15) is 19.3 Å². The topological polar surface area (TPSA) is 134 Å². The van der Waals surface area contributed by atoms with Crippen molar-refractivity contribution in [2.45, 2.75) is 24.2 Å². The number of nitrogens with one attached hydrogen (secondary N) is 2. The molecule has 0 radical (unpaired) electrons. The molecule has 0 aliphatic carbocycles. The van der Waals surface area contributed by atoms with Crippen LogP contribution < -0.4 is 14.8 Å². The Labute approximate surface area is 244 Å². The van der Waals surface area contributed by atoms with Crippen LogP contribution in [-0.4, -0.2) is 61.1 Å². The number of rotatable bonds is 11. The Balaban J connectivity index is 0.00000129. The molecule has 1 aromatic heterocycles. The summed E-state index contributed by atoms with van der Waals surface area (Å²) in [6, 6.07) is 21.1. The zero-order valence-corrected chi connectivity index (χ0v) is 23.6. The van der Waals surface area contributed by atoms with Crippen LogP contribution in [0, 0.1) is 5.82 Å². The van der Waals surface area contributed by atoms with E-state index in [2.05, 4.69) is 24.9 Å². The van der Waals surface area contributed by atoms with E-state index in [1.807, 2.05) is 30.3 Å². The number of hydrogen-bond donors (Lipinski definition) is 3. The second-order valence-corrected chi connectivity index (χ2v) is 11.1. The molecule has 4 aromatic rings. The first-order chi connectivity index (χ1) is 20.4. The number of halogens is 1. The van der Waals surface area contributed by atoms with E-state index < -0.39 is 15.8 Å². The van der Waals surface area contributed by atoms with Gasteiger partial charge in [0.25, 0.3) is 16.5 Å². The SMILES string of the molecule is O=CO.O=S(=O)(Nc1ccc(Nc2cc(-c3ccc(OCCCN4CCCC4)cc3)ncn2)cc1)c1ccc(F)cc1. The molecule has 2 heterocycles. The number of carbonyl (C=O) groups is 1. The summed E-state index contributed by atoms with van der Waals surface area (Å²) in [4.78, 5) is 19.5. The fourth-order valence-corrected chi connectivity index (χ4v) is 5.45. The zero-order valence-electron chi connectivity index (χ0n) is 22.8. The first-order valence-corrected chi connectivity index (χ1v) is 14.9. The predicted molar refractivity (Wildman–Crippen MR) is 159 cm³/mol. The normalized spacial score (nSPS) is 13.1. The molecule has 0 amide bonds. The number of carboxylic acid groups (broad SMARTS) is 1. The molecule has 0 saturated carbocycles. The molecular weight excluding hydrogens is 561 g/mol.